The minimum atomic E-state index is -0.296. The summed E-state index contributed by atoms with van der Waals surface area (Å²) in [6.07, 6.45) is 3.93. The van der Waals surface area contributed by atoms with Crippen LogP contribution in [0.1, 0.15) is 32.3 Å². The fraction of sp³-hybridized carbons (Fsp3) is 0.625. The predicted molar refractivity (Wildman–Crippen MR) is 129 cm³/mol. The topological polar surface area (TPSA) is 126 Å². The van der Waals surface area contributed by atoms with Crippen LogP contribution in [0.3, 0.4) is 0 Å². The van der Waals surface area contributed by atoms with Crippen LogP contribution in [0.15, 0.2) is 24.5 Å². The summed E-state index contributed by atoms with van der Waals surface area (Å²) in [5.74, 6) is 1.12. The van der Waals surface area contributed by atoms with E-state index in [0.29, 0.717) is 23.5 Å². The monoisotopic (exact) mass is 485 g/mol. The Morgan fingerprint density at radius 1 is 1.34 bits per heavy atom. The van der Waals surface area contributed by atoms with E-state index in [4.69, 9.17) is 4.74 Å². The molecule has 0 spiro atoms. The SMILES string of the molecule is C[C@@H]1CN([C@H](C)CO)C(=O)Cc2cc(NC(=O)Cn3cnnn3)ccc2O[C@H]1CN(C)CC1CC1. The highest BCUT2D eigenvalue weighted by molar-refractivity contribution is 5.91. The van der Waals surface area contributed by atoms with Crippen LogP contribution in [0, 0.1) is 11.8 Å². The molecule has 1 fully saturated rings. The van der Waals surface area contributed by atoms with Gasteiger partial charge >= 0.3 is 0 Å². The van der Waals surface area contributed by atoms with Crippen LogP contribution in [0.4, 0.5) is 5.69 Å². The van der Waals surface area contributed by atoms with Crippen LogP contribution < -0.4 is 10.1 Å². The first-order chi connectivity index (χ1) is 16.8. The van der Waals surface area contributed by atoms with E-state index in [-0.39, 0.29) is 49.5 Å². The molecule has 1 aliphatic heterocycles. The van der Waals surface area contributed by atoms with Crippen molar-refractivity contribution in [2.45, 2.75) is 51.8 Å². The van der Waals surface area contributed by atoms with E-state index in [9.17, 15) is 14.7 Å². The molecule has 0 radical (unpaired) electrons. The molecule has 2 N–H and O–H groups in total. The van der Waals surface area contributed by atoms with Gasteiger partial charge < -0.3 is 25.0 Å². The number of amides is 2. The number of hydrogen-bond donors (Lipinski definition) is 2. The molecule has 3 atom stereocenters. The average molecular weight is 486 g/mol. The Labute approximate surface area is 205 Å². The maximum absolute atomic E-state index is 13.3. The maximum atomic E-state index is 13.3. The van der Waals surface area contributed by atoms with Crippen molar-refractivity contribution in [3.63, 3.8) is 0 Å². The molecule has 2 heterocycles. The number of carbonyl (C=O) groups is 2. The molecule has 0 unspecified atom stereocenters. The number of hydrogen-bond acceptors (Lipinski definition) is 8. The lowest BCUT2D eigenvalue weighted by molar-refractivity contribution is -0.134. The van der Waals surface area contributed by atoms with Gasteiger partial charge in [0, 0.05) is 36.8 Å². The Kier molecular flexibility index (Phi) is 7.97. The van der Waals surface area contributed by atoms with E-state index in [1.807, 2.05) is 13.0 Å². The van der Waals surface area contributed by atoms with Gasteiger partial charge in [0.05, 0.1) is 19.1 Å². The number of anilines is 1. The molecule has 1 aromatic heterocycles. The van der Waals surface area contributed by atoms with E-state index in [1.54, 1.807) is 17.0 Å². The Bertz CT molecular complexity index is 1010. The number of aromatic nitrogens is 4. The van der Waals surface area contributed by atoms with E-state index < -0.39 is 0 Å². The Balaban J connectivity index is 1.56. The molecule has 2 amide bonds. The number of rotatable bonds is 9. The fourth-order valence-electron chi connectivity index (χ4n) is 4.45. The standard InChI is InChI=1S/C24H35N7O4/c1-16-10-31(17(2)14-32)24(34)9-19-8-20(26-23(33)13-30-15-25-27-28-30)6-7-21(19)35-22(16)12-29(3)11-18-4-5-18/h6-8,15-18,22,32H,4-5,9-14H2,1-3H3,(H,26,33)/t16-,17-,22+/m1/s1. The van der Waals surface area contributed by atoms with Gasteiger partial charge in [-0.05, 0) is 61.4 Å². The molecule has 11 nitrogen and oxygen atoms in total. The number of nitrogens with zero attached hydrogens (tertiary/aromatic N) is 6. The molecule has 2 aliphatic rings. The zero-order valence-corrected chi connectivity index (χ0v) is 20.6. The maximum Gasteiger partial charge on any atom is 0.246 e. The van der Waals surface area contributed by atoms with Crippen LogP contribution in [0.5, 0.6) is 5.75 Å². The molecular weight excluding hydrogens is 450 g/mol. The van der Waals surface area contributed by atoms with Crippen LogP contribution in [0.25, 0.3) is 0 Å². The lowest BCUT2D eigenvalue weighted by Gasteiger charge is -2.34. The summed E-state index contributed by atoms with van der Waals surface area (Å²) in [6, 6.07) is 5.09. The van der Waals surface area contributed by atoms with Gasteiger partial charge in [0.2, 0.25) is 11.8 Å². The number of tetrazole rings is 1. The third kappa shape index (κ3) is 6.76. The Morgan fingerprint density at radius 3 is 2.83 bits per heavy atom. The van der Waals surface area contributed by atoms with Gasteiger partial charge in [-0.1, -0.05) is 6.92 Å². The van der Waals surface area contributed by atoms with Crippen LogP contribution in [0.2, 0.25) is 0 Å². The summed E-state index contributed by atoms with van der Waals surface area (Å²) in [4.78, 5) is 29.8. The predicted octanol–water partition coefficient (Wildman–Crippen LogP) is 0.803. The number of aliphatic hydroxyl groups is 1. The van der Waals surface area contributed by atoms with Crippen molar-refractivity contribution in [2.75, 3.05) is 38.6 Å². The molecule has 35 heavy (non-hydrogen) atoms. The average Bonchev–Trinajstić information content (AvgIpc) is 3.47. The molecule has 1 aliphatic carbocycles. The molecule has 0 saturated heterocycles. The van der Waals surface area contributed by atoms with E-state index in [0.717, 1.165) is 19.0 Å². The third-order valence-electron chi connectivity index (χ3n) is 6.66. The van der Waals surface area contributed by atoms with E-state index >= 15 is 0 Å². The van der Waals surface area contributed by atoms with Crippen molar-refractivity contribution in [3.8, 4) is 5.75 Å². The lowest BCUT2D eigenvalue weighted by atomic mass is 10.0. The number of likely N-dealkylation sites (N-methyl/N-ethyl adjacent to an activating group) is 1. The summed E-state index contributed by atoms with van der Waals surface area (Å²) < 4.78 is 7.86. The largest absolute Gasteiger partial charge is 0.488 e. The lowest BCUT2D eigenvalue weighted by Crippen LogP contribution is -2.47. The minimum absolute atomic E-state index is 0.0196. The number of ether oxygens (including phenoxy) is 1. The van der Waals surface area contributed by atoms with E-state index in [1.165, 1.54) is 23.9 Å². The molecule has 2 aromatic rings. The third-order valence-corrected chi connectivity index (χ3v) is 6.66. The van der Waals surface area contributed by atoms with Gasteiger partial charge in [0.25, 0.3) is 0 Å². The number of aliphatic hydroxyl groups excluding tert-OH is 1. The molecule has 11 heteroatoms. The first-order valence-corrected chi connectivity index (χ1v) is 12.2. The van der Waals surface area contributed by atoms with Crippen LogP contribution in [-0.4, -0.2) is 92.4 Å². The Hall–Kier alpha value is -3.05. The summed E-state index contributed by atoms with van der Waals surface area (Å²) in [6.45, 7) is 6.12. The highest BCUT2D eigenvalue weighted by atomic mass is 16.5. The number of fused-ring (bicyclic) bond motifs is 1. The van der Waals surface area contributed by atoms with Gasteiger partial charge in [-0.2, -0.15) is 0 Å². The van der Waals surface area contributed by atoms with Crippen molar-refractivity contribution in [1.29, 1.82) is 0 Å². The number of benzene rings is 1. The second kappa shape index (κ2) is 11.1. The molecule has 190 valence electrons. The molecule has 1 aromatic carbocycles. The van der Waals surface area contributed by atoms with Gasteiger partial charge in [0.15, 0.2) is 0 Å². The number of carbonyl (C=O) groups excluding carboxylic acids is 2. The number of nitrogens with one attached hydrogen (secondary N) is 1. The van der Waals surface area contributed by atoms with Crippen LogP contribution in [-0.2, 0) is 22.6 Å². The highest BCUT2D eigenvalue weighted by Crippen LogP contribution is 2.31. The van der Waals surface area contributed by atoms with Crippen molar-refractivity contribution >= 4 is 17.5 Å². The molecule has 4 rings (SSSR count). The van der Waals surface area contributed by atoms with Crippen LogP contribution >= 0.6 is 0 Å². The van der Waals surface area contributed by atoms with Gasteiger partial charge in [-0.15, -0.1) is 5.10 Å². The second-order valence-electron chi connectivity index (χ2n) is 9.93. The van der Waals surface area contributed by atoms with Crippen molar-refractivity contribution in [1.82, 2.24) is 30.0 Å². The summed E-state index contributed by atoms with van der Waals surface area (Å²) >= 11 is 0. The van der Waals surface area contributed by atoms with Crippen molar-refractivity contribution < 1.29 is 19.4 Å². The fourth-order valence-corrected chi connectivity index (χ4v) is 4.45. The summed E-state index contributed by atoms with van der Waals surface area (Å²) in [5, 5.41) is 23.4. The first kappa shape index (κ1) is 25.1. The zero-order chi connectivity index (χ0) is 24.9. The normalized spacial score (nSPS) is 21.5. The van der Waals surface area contributed by atoms with Crippen molar-refractivity contribution in [3.05, 3.63) is 30.1 Å². The quantitative estimate of drug-likeness (QED) is 0.534. The van der Waals surface area contributed by atoms with Gasteiger partial charge in [-0.25, -0.2) is 4.68 Å². The highest BCUT2D eigenvalue weighted by Gasteiger charge is 2.32. The minimum Gasteiger partial charge on any atom is -0.488 e. The first-order valence-electron chi connectivity index (χ1n) is 12.2. The molecule has 0 bridgehead atoms. The second-order valence-corrected chi connectivity index (χ2v) is 9.93. The molecular formula is C24H35N7O4. The van der Waals surface area contributed by atoms with Gasteiger partial charge in [0.1, 0.15) is 24.7 Å². The van der Waals surface area contributed by atoms with Crippen molar-refractivity contribution in [2.24, 2.45) is 11.8 Å². The zero-order valence-electron chi connectivity index (χ0n) is 20.6. The Morgan fingerprint density at radius 2 is 2.14 bits per heavy atom. The smallest absolute Gasteiger partial charge is 0.246 e. The molecule has 1 saturated carbocycles. The summed E-state index contributed by atoms with van der Waals surface area (Å²) in [7, 11) is 2.12. The van der Waals surface area contributed by atoms with Gasteiger partial charge in [-0.3, -0.25) is 9.59 Å². The summed E-state index contributed by atoms with van der Waals surface area (Å²) in [5.41, 5.74) is 1.27. The van der Waals surface area contributed by atoms with E-state index in [2.05, 4.69) is 39.7 Å².